The number of alkyl halides is 1. The summed E-state index contributed by atoms with van der Waals surface area (Å²) in [6, 6.07) is 4.39. The Morgan fingerprint density at radius 1 is 1.47 bits per heavy atom. The van der Waals surface area contributed by atoms with Crippen molar-refractivity contribution in [2.75, 3.05) is 11.2 Å². The highest BCUT2D eigenvalue weighted by Gasteiger charge is 2.09. The lowest BCUT2D eigenvalue weighted by atomic mass is 10.2. The maximum absolute atomic E-state index is 13.3. The van der Waals surface area contributed by atoms with Crippen molar-refractivity contribution in [1.29, 1.82) is 5.26 Å². The van der Waals surface area contributed by atoms with Crippen LogP contribution in [0, 0.1) is 17.1 Å². The van der Waals surface area contributed by atoms with Gasteiger partial charge in [0.2, 0.25) is 5.91 Å². The number of rotatable bonds is 2. The highest BCUT2D eigenvalue weighted by molar-refractivity contribution is 6.28. The molecule has 0 bridgehead atoms. The van der Waals surface area contributed by atoms with E-state index < -0.39 is 17.8 Å². The minimum absolute atomic E-state index is 0.130. The van der Waals surface area contributed by atoms with Crippen LogP contribution in [-0.2, 0) is 4.79 Å². The minimum atomic E-state index is -0.890. The predicted molar refractivity (Wildman–Crippen MR) is 59.0 cm³/mol. The molecule has 0 aliphatic heterocycles. The molecule has 0 radical (unpaired) electrons. The van der Waals surface area contributed by atoms with E-state index in [0.717, 1.165) is 6.07 Å². The number of halogens is 2. The Hall–Kier alpha value is -2.13. The maximum atomic E-state index is 13.3. The van der Waals surface area contributed by atoms with Gasteiger partial charge in [0.15, 0.2) is 0 Å². The molecule has 0 heterocycles. The van der Waals surface area contributed by atoms with Gasteiger partial charge in [0.1, 0.15) is 11.7 Å². The summed E-state index contributed by atoms with van der Waals surface area (Å²) in [6.07, 6.45) is 0. The minimum Gasteiger partial charge on any atom is -0.305 e. The number of nitriles is 1. The molecule has 0 aliphatic rings. The number of amides is 3. The standard InChI is InChI=1S/C10H7ClFN3O2/c11-4-9(16)15-10(17)14-8-2-1-6(5-13)3-7(8)12/h1-3H,4H2,(H2,14,15,16,17). The van der Waals surface area contributed by atoms with E-state index >= 15 is 0 Å². The van der Waals surface area contributed by atoms with E-state index in [2.05, 4.69) is 5.32 Å². The molecule has 17 heavy (non-hydrogen) atoms. The quantitative estimate of drug-likeness (QED) is 0.787. The van der Waals surface area contributed by atoms with Crippen molar-refractivity contribution in [3.8, 4) is 6.07 Å². The molecule has 0 fully saturated rings. The predicted octanol–water partition coefficient (Wildman–Crippen LogP) is 1.58. The van der Waals surface area contributed by atoms with Gasteiger partial charge in [0.25, 0.3) is 0 Å². The third kappa shape index (κ3) is 3.74. The summed E-state index contributed by atoms with van der Waals surface area (Å²) < 4.78 is 13.3. The van der Waals surface area contributed by atoms with Gasteiger partial charge < -0.3 is 5.32 Å². The highest BCUT2D eigenvalue weighted by Crippen LogP contribution is 2.14. The molecule has 0 aromatic heterocycles. The first-order valence-electron chi connectivity index (χ1n) is 4.43. The van der Waals surface area contributed by atoms with Crippen LogP contribution in [0.4, 0.5) is 14.9 Å². The van der Waals surface area contributed by atoms with Gasteiger partial charge in [0.05, 0.1) is 17.3 Å². The van der Waals surface area contributed by atoms with Crippen LogP contribution in [0.15, 0.2) is 18.2 Å². The van der Waals surface area contributed by atoms with Crippen molar-refractivity contribution in [2.24, 2.45) is 0 Å². The summed E-state index contributed by atoms with van der Waals surface area (Å²) in [6.45, 7) is 0. The molecule has 0 saturated carbocycles. The number of imide groups is 1. The Kier molecular flexibility index (Phi) is 4.43. The van der Waals surface area contributed by atoms with Crippen molar-refractivity contribution in [3.05, 3.63) is 29.6 Å². The lowest BCUT2D eigenvalue weighted by Crippen LogP contribution is -2.35. The van der Waals surface area contributed by atoms with Crippen molar-refractivity contribution >= 4 is 29.2 Å². The number of nitrogens with one attached hydrogen (secondary N) is 2. The number of urea groups is 1. The number of carbonyl (C=O) groups is 2. The number of hydrogen-bond acceptors (Lipinski definition) is 3. The van der Waals surface area contributed by atoms with E-state index in [1.807, 2.05) is 5.32 Å². The summed E-state index contributed by atoms with van der Waals surface area (Å²) in [4.78, 5) is 21.9. The first kappa shape index (κ1) is 12.9. The van der Waals surface area contributed by atoms with Gasteiger partial charge in [-0.05, 0) is 18.2 Å². The zero-order chi connectivity index (χ0) is 12.8. The van der Waals surface area contributed by atoms with E-state index in [1.165, 1.54) is 12.1 Å². The largest absolute Gasteiger partial charge is 0.325 e. The van der Waals surface area contributed by atoms with E-state index in [1.54, 1.807) is 6.07 Å². The van der Waals surface area contributed by atoms with Crippen LogP contribution in [0.5, 0.6) is 0 Å². The SMILES string of the molecule is N#Cc1ccc(NC(=O)NC(=O)CCl)c(F)c1. The van der Waals surface area contributed by atoms with Gasteiger partial charge in [0, 0.05) is 0 Å². The van der Waals surface area contributed by atoms with Crippen LogP contribution in [0.1, 0.15) is 5.56 Å². The molecule has 1 aromatic carbocycles. The third-order valence-electron chi connectivity index (χ3n) is 1.72. The van der Waals surface area contributed by atoms with E-state index in [9.17, 15) is 14.0 Å². The number of nitrogens with zero attached hydrogens (tertiary/aromatic N) is 1. The number of carbonyl (C=O) groups excluding carboxylic acids is 2. The Labute approximate surface area is 101 Å². The van der Waals surface area contributed by atoms with Crippen molar-refractivity contribution in [2.45, 2.75) is 0 Å². The van der Waals surface area contributed by atoms with Crippen LogP contribution in [0.25, 0.3) is 0 Å². The summed E-state index contributed by atoms with van der Waals surface area (Å²) >= 11 is 5.17. The van der Waals surface area contributed by atoms with Crippen LogP contribution >= 0.6 is 11.6 Å². The van der Waals surface area contributed by atoms with Gasteiger partial charge in [-0.25, -0.2) is 9.18 Å². The van der Waals surface area contributed by atoms with Gasteiger partial charge in [-0.2, -0.15) is 5.26 Å². The Balaban J connectivity index is 2.73. The third-order valence-corrected chi connectivity index (χ3v) is 1.96. The van der Waals surface area contributed by atoms with E-state index in [-0.39, 0.29) is 17.1 Å². The summed E-state index contributed by atoms with van der Waals surface area (Å²) in [5.74, 6) is -1.83. The molecule has 5 nitrogen and oxygen atoms in total. The van der Waals surface area contributed by atoms with Crippen molar-refractivity contribution in [1.82, 2.24) is 5.32 Å². The van der Waals surface area contributed by atoms with Gasteiger partial charge in [-0.15, -0.1) is 11.6 Å². The van der Waals surface area contributed by atoms with Gasteiger partial charge in [-0.3, -0.25) is 10.1 Å². The zero-order valence-electron chi connectivity index (χ0n) is 8.46. The smallest absolute Gasteiger partial charge is 0.305 e. The number of benzene rings is 1. The second-order valence-electron chi connectivity index (χ2n) is 2.94. The number of anilines is 1. The van der Waals surface area contributed by atoms with Gasteiger partial charge >= 0.3 is 6.03 Å². The molecule has 1 rings (SSSR count). The van der Waals surface area contributed by atoms with E-state index in [4.69, 9.17) is 16.9 Å². The molecule has 2 N–H and O–H groups in total. The molecule has 0 aliphatic carbocycles. The molecule has 88 valence electrons. The summed E-state index contributed by atoms with van der Waals surface area (Å²) in [5, 5.41) is 12.5. The maximum Gasteiger partial charge on any atom is 0.325 e. The molecule has 0 unspecified atom stereocenters. The van der Waals surface area contributed by atoms with E-state index in [0.29, 0.717) is 0 Å². The fourth-order valence-corrected chi connectivity index (χ4v) is 1.07. The summed E-state index contributed by atoms with van der Waals surface area (Å²) in [7, 11) is 0. The van der Waals surface area contributed by atoms with Gasteiger partial charge in [-0.1, -0.05) is 0 Å². The lowest BCUT2D eigenvalue weighted by molar-refractivity contribution is -0.117. The van der Waals surface area contributed by atoms with Crippen LogP contribution in [0.3, 0.4) is 0 Å². The molecular weight excluding hydrogens is 249 g/mol. The van der Waals surface area contributed by atoms with Crippen molar-refractivity contribution < 1.29 is 14.0 Å². The fourth-order valence-electron chi connectivity index (χ4n) is 1.000. The molecule has 1 aromatic rings. The molecule has 0 spiro atoms. The normalized spacial score (nSPS) is 9.24. The molecule has 0 atom stereocenters. The Morgan fingerprint density at radius 2 is 2.18 bits per heavy atom. The summed E-state index contributed by atoms with van der Waals surface area (Å²) in [5.41, 5.74) is -0.00540. The first-order valence-corrected chi connectivity index (χ1v) is 4.96. The second kappa shape index (κ2) is 5.82. The molecular formula is C10H7ClFN3O2. The Bertz CT molecular complexity index is 499. The fraction of sp³-hybridized carbons (Fsp3) is 0.100. The monoisotopic (exact) mass is 255 g/mol. The second-order valence-corrected chi connectivity index (χ2v) is 3.21. The molecule has 7 heteroatoms. The average molecular weight is 256 g/mol. The molecule has 3 amide bonds. The van der Waals surface area contributed by atoms with Crippen LogP contribution < -0.4 is 10.6 Å². The average Bonchev–Trinajstić information content (AvgIpc) is 2.31. The van der Waals surface area contributed by atoms with Crippen LogP contribution in [0.2, 0.25) is 0 Å². The zero-order valence-corrected chi connectivity index (χ0v) is 9.21. The lowest BCUT2D eigenvalue weighted by Gasteiger charge is -2.06. The van der Waals surface area contributed by atoms with Crippen LogP contribution in [-0.4, -0.2) is 17.8 Å². The first-order chi connectivity index (χ1) is 8.06. The Morgan fingerprint density at radius 3 is 2.71 bits per heavy atom. The topological polar surface area (TPSA) is 82.0 Å². The highest BCUT2D eigenvalue weighted by atomic mass is 35.5. The molecule has 0 saturated heterocycles. The van der Waals surface area contributed by atoms with Crippen molar-refractivity contribution in [3.63, 3.8) is 0 Å². The number of hydrogen-bond donors (Lipinski definition) is 2.